The predicted molar refractivity (Wildman–Crippen MR) is 294 cm³/mol. The zero-order chi connectivity index (χ0) is 47.0. The number of ether oxygens (including phenoxy) is 4. The van der Waals surface area contributed by atoms with Gasteiger partial charge in [0.25, 0.3) is 0 Å². The van der Waals surface area contributed by atoms with Gasteiger partial charge in [-0.15, -0.1) is 0 Å². The van der Waals surface area contributed by atoms with E-state index in [0.29, 0.717) is 62.2 Å². The highest BCUT2D eigenvalue weighted by atomic mass is 32.2. The van der Waals surface area contributed by atoms with Gasteiger partial charge in [-0.2, -0.15) is 0 Å². The highest BCUT2D eigenvalue weighted by Gasteiger charge is 2.30. The largest absolute Gasteiger partial charge is 0.488 e. The van der Waals surface area contributed by atoms with E-state index in [2.05, 4.69) is 78.9 Å². The summed E-state index contributed by atoms with van der Waals surface area (Å²) in [4.78, 5) is 6.55. The number of benzene rings is 3. The molecule has 0 amide bonds. The van der Waals surface area contributed by atoms with Crippen molar-refractivity contribution in [2.75, 3.05) is 26.4 Å². The quantitative estimate of drug-likeness (QED) is 0.0420. The number of thioether (sulfide) groups is 12. The summed E-state index contributed by atoms with van der Waals surface area (Å²) in [5.41, 5.74) is 0. The van der Waals surface area contributed by atoms with E-state index in [9.17, 15) is 0 Å². The first kappa shape index (κ1) is 56.1. The zero-order valence-electron chi connectivity index (χ0n) is 34.5. The normalized spacial score (nSPS) is 10.5. The average Bonchev–Trinajstić information content (AvgIpc) is 3.28. The van der Waals surface area contributed by atoms with Crippen LogP contribution in [0.25, 0.3) is 0 Å². The first-order valence-corrected chi connectivity index (χ1v) is 28.6. The van der Waals surface area contributed by atoms with Gasteiger partial charge in [0, 0.05) is 0 Å². The molecule has 3 aromatic rings. The second-order valence-electron chi connectivity index (χ2n) is 10.7. The summed E-state index contributed by atoms with van der Waals surface area (Å²) in [5, 5.41) is 19.6. The molecular formula is C46H44F2O4S12. The van der Waals surface area contributed by atoms with Crippen LogP contribution in [-0.2, 0) is 0 Å². The van der Waals surface area contributed by atoms with E-state index in [1.54, 1.807) is 64.9 Å². The molecule has 0 aliphatic rings. The summed E-state index contributed by atoms with van der Waals surface area (Å²) in [6.45, 7) is 47.2. The van der Waals surface area contributed by atoms with Crippen molar-refractivity contribution in [2.45, 2.75) is 58.7 Å². The molecule has 18 heteroatoms. The fourth-order valence-electron chi connectivity index (χ4n) is 5.22. The Morgan fingerprint density at radius 2 is 0.375 bits per heavy atom. The Hall–Kier alpha value is -2.20. The molecule has 3 aromatic carbocycles. The molecule has 4 nitrogen and oxygen atoms in total. The summed E-state index contributed by atoms with van der Waals surface area (Å²) in [6.07, 6.45) is 0. The molecule has 3 rings (SSSR count). The van der Waals surface area contributed by atoms with Crippen LogP contribution in [0.5, 0.6) is 23.0 Å². The van der Waals surface area contributed by atoms with E-state index in [1.807, 2.05) is 0 Å². The third-order valence-electron chi connectivity index (χ3n) is 7.25. The van der Waals surface area contributed by atoms with Crippen molar-refractivity contribution >= 4 is 141 Å². The summed E-state index contributed by atoms with van der Waals surface area (Å²) in [5.74, 6) is 1.20. The lowest BCUT2D eigenvalue weighted by Crippen LogP contribution is -2.14. The molecule has 0 aromatic heterocycles. The minimum atomic E-state index is -0.408. The molecule has 0 heterocycles. The van der Waals surface area contributed by atoms with Crippen LogP contribution in [0.1, 0.15) is 0 Å². The second-order valence-corrected chi connectivity index (χ2v) is 22.4. The van der Waals surface area contributed by atoms with E-state index < -0.39 is 11.6 Å². The Bertz CT molecular complexity index is 1990. The van der Waals surface area contributed by atoms with Gasteiger partial charge in [0.15, 0.2) is 11.6 Å². The van der Waals surface area contributed by atoms with Gasteiger partial charge in [-0.3, -0.25) is 0 Å². The van der Waals surface area contributed by atoms with Gasteiger partial charge in [0.2, 0.25) is 0 Å². The second kappa shape index (κ2) is 31.0. The lowest BCUT2D eigenvalue weighted by Gasteiger charge is -2.24. The molecule has 64 heavy (non-hydrogen) atoms. The summed E-state index contributed by atoms with van der Waals surface area (Å²) in [7, 11) is 0. The summed E-state index contributed by atoms with van der Waals surface area (Å²) in [6, 6.07) is 0. The SMILES string of the molecule is C=CSc1c(F)c(SC=C)c(SC=C)c(OCCOc2c(SC=C)c(SC=C)c(OCCOc3c(SC=C)c(SC=C)c(F)c(SC=C)c3SC=C)c(SC=C)c2SC=C)c1SC=C. The van der Waals surface area contributed by atoms with E-state index in [0.717, 1.165) is 66.6 Å². The van der Waals surface area contributed by atoms with Crippen LogP contribution in [0.2, 0.25) is 0 Å². The molecule has 0 aliphatic heterocycles. The molecular weight excluding hydrogens is 1040 g/mol. The van der Waals surface area contributed by atoms with Crippen molar-refractivity contribution in [2.24, 2.45) is 0 Å². The van der Waals surface area contributed by atoms with Crippen molar-refractivity contribution in [1.29, 1.82) is 0 Å². The monoisotopic (exact) mass is 1080 g/mol. The zero-order valence-corrected chi connectivity index (χ0v) is 44.3. The molecule has 0 radical (unpaired) electrons. The maximum atomic E-state index is 16.0. The van der Waals surface area contributed by atoms with Gasteiger partial charge in [-0.25, -0.2) is 8.78 Å². The van der Waals surface area contributed by atoms with Crippen molar-refractivity contribution < 1.29 is 27.7 Å². The van der Waals surface area contributed by atoms with Crippen LogP contribution < -0.4 is 18.9 Å². The topological polar surface area (TPSA) is 36.9 Å². The minimum Gasteiger partial charge on any atom is -0.488 e. The molecule has 0 fully saturated rings. The lowest BCUT2D eigenvalue weighted by atomic mass is 10.3. The predicted octanol–water partition coefficient (Wildman–Crippen LogP) is 19.7. The fourth-order valence-corrected chi connectivity index (χ4v) is 14.7. The van der Waals surface area contributed by atoms with E-state index in [4.69, 9.17) is 18.9 Å². The molecule has 338 valence electrons. The van der Waals surface area contributed by atoms with Crippen LogP contribution in [0.4, 0.5) is 8.78 Å². The number of hydrogen-bond donors (Lipinski definition) is 0. The molecule has 0 aliphatic carbocycles. The maximum absolute atomic E-state index is 16.0. The van der Waals surface area contributed by atoms with E-state index in [1.165, 1.54) is 94.1 Å². The van der Waals surface area contributed by atoms with E-state index >= 15 is 8.78 Å². The van der Waals surface area contributed by atoms with Crippen LogP contribution in [-0.4, -0.2) is 26.4 Å². The molecule has 0 saturated carbocycles. The number of rotatable bonds is 34. The van der Waals surface area contributed by atoms with Crippen LogP contribution in [0.3, 0.4) is 0 Å². The van der Waals surface area contributed by atoms with Crippen molar-refractivity contribution in [3.05, 3.63) is 155 Å². The Morgan fingerprint density at radius 3 is 0.516 bits per heavy atom. The van der Waals surface area contributed by atoms with Crippen LogP contribution in [0.15, 0.2) is 203 Å². The smallest absolute Gasteiger partial charge is 0.153 e. The summed E-state index contributed by atoms with van der Waals surface area (Å²) >= 11 is 15.1. The maximum Gasteiger partial charge on any atom is 0.153 e. The summed E-state index contributed by atoms with van der Waals surface area (Å²) < 4.78 is 58.4. The van der Waals surface area contributed by atoms with Crippen LogP contribution >= 0.6 is 141 Å². The molecule has 0 unspecified atom stereocenters. The van der Waals surface area contributed by atoms with Crippen molar-refractivity contribution in [3.63, 3.8) is 0 Å². The van der Waals surface area contributed by atoms with E-state index in [-0.39, 0.29) is 26.4 Å². The highest BCUT2D eigenvalue weighted by molar-refractivity contribution is 8.08. The van der Waals surface area contributed by atoms with Gasteiger partial charge in [-0.05, 0) is 64.9 Å². The molecule has 0 spiro atoms. The molecule has 0 saturated heterocycles. The standard InChI is InChI=1S/C46H44F2O4S12/c1-13-53-35-29(47)36(54-14-2)40(58-18-6)31(39(35)57-17-5)49-25-27-51-33-43(61-21-9)45(63-23-11)34(46(64-24-12)44(33)62-22-10)52-28-26-50-32-41(59-19-7)37(55-15-3)30(48)38(56-16-4)42(32)60-20-8/h13-24H,1-12,25-28H2. The van der Waals surface area contributed by atoms with Crippen molar-refractivity contribution in [1.82, 2.24) is 0 Å². The minimum absolute atomic E-state index is 0.0823. The van der Waals surface area contributed by atoms with Gasteiger partial charge in [0.1, 0.15) is 49.4 Å². The molecule has 0 bridgehead atoms. The van der Waals surface area contributed by atoms with Gasteiger partial charge in [-0.1, -0.05) is 220 Å². The Labute approximate surface area is 428 Å². The molecule has 0 atom stereocenters. The lowest BCUT2D eigenvalue weighted by molar-refractivity contribution is 0.194. The van der Waals surface area contributed by atoms with Crippen LogP contribution in [0, 0.1) is 11.6 Å². The molecule has 0 N–H and O–H groups in total. The Kier molecular flexibility index (Phi) is 27.2. The third kappa shape index (κ3) is 14.4. The Morgan fingerprint density at radius 1 is 0.250 bits per heavy atom. The first-order valence-electron chi connectivity index (χ1n) is 18.0. The number of hydrogen-bond acceptors (Lipinski definition) is 16. The third-order valence-corrected chi connectivity index (χ3v) is 17.5. The van der Waals surface area contributed by atoms with Gasteiger partial charge < -0.3 is 18.9 Å². The first-order chi connectivity index (χ1) is 31.2. The number of halogens is 2. The highest BCUT2D eigenvalue weighted by Crippen LogP contribution is 2.57. The van der Waals surface area contributed by atoms with Gasteiger partial charge in [0.05, 0.1) is 58.7 Å². The fraction of sp³-hybridized carbons (Fsp3) is 0.0870. The van der Waals surface area contributed by atoms with Crippen molar-refractivity contribution in [3.8, 4) is 23.0 Å². The van der Waals surface area contributed by atoms with Gasteiger partial charge >= 0.3 is 0 Å². The Balaban J connectivity index is 2.14. The average molecular weight is 1080 g/mol.